The highest BCUT2D eigenvalue weighted by Crippen LogP contribution is 2.26. The van der Waals surface area contributed by atoms with Crippen molar-refractivity contribution in [3.63, 3.8) is 0 Å². The molecule has 2 unspecified atom stereocenters. The fourth-order valence-corrected chi connectivity index (χ4v) is 3.59. The molecule has 7 heteroatoms. The first-order chi connectivity index (χ1) is 9.75. The van der Waals surface area contributed by atoms with Gasteiger partial charge in [-0.3, -0.25) is 4.79 Å². The Kier molecular flexibility index (Phi) is 4.68. The summed E-state index contributed by atoms with van der Waals surface area (Å²) in [6.07, 6.45) is 3.51. The lowest BCUT2D eigenvalue weighted by Gasteiger charge is -2.38. The Hall–Kier alpha value is -1.01. The van der Waals surface area contributed by atoms with E-state index in [1.165, 1.54) is 12.3 Å². The molecule has 0 saturated carbocycles. The van der Waals surface area contributed by atoms with Gasteiger partial charge in [0.15, 0.2) is 0 Å². The van der Waals surface area contributed by atoms with E-state index in [0.717, 1.165) is 12.8 Å². The van der Waals surface area contributed by atoms with E-state index in [1.54, 1.807) is 4.57 Å². The van der Waals surface area contributed by atoms with Crippen LogP contribution in [0.15, 0.2) is 17.2 Å². The first-order valence-electron chi connectivity index (χ1n) is 7.21. The van der Waals surface area contributed by atoms with Gasteiger partial charge in [-0.25, -0.2) is 8.42 Å². The zero-order valence-corrected chi connectivity index (χ0v) is 14.1. The molecule has 0 aliphatic carbocycles. The highest BCUT2D eigenvalue weighted by Gasteiger charge is 2.31. The van der Waals surface area contributed by atoms with Gasteiger partial charge >= 0.3 is 0 Å². The van der Waals surface area contributed by atoms with Crippen molar-refractivity contribution >= 4 is 25.6 Å². The molecular weight excluding hydrogens is 312 g/mol. The summed E-state index contributed by atoms with van der Waals surface area (Å²) in [6, 6.07) is 1.53. The molecule has 2 rings (SSSR count). The second-order valence-electron chi connectivity index (χ2n) is 5.64. The van der Waals surface area contributed by atoms with Gasteiger partial charge in [0.05, 0.1) is 0 Å². The summed E-state index contributed by atoms with van der Waals surface area (Å²) in [7, 11) is 1.55. The summed E-state index contributed by atoms with van der Waals surface area (Å²) < 4.78 is 24.6. The van der Waals surface area contributed by atoms with Gasteiger partial charge in [0.2, 0.25) is 0 Å². The number of hydrogen-bond donors (Lipinski definition) is 0. The standard InChI is InChI=1S/C14H21ClN2O3S/c1-4-16-9-12(21(15,19)20)8-13(16)14(18)17-7-5-6-10(2)11(17)3/h8-11H,4-7H2,1-3H3. The van der Waals surface area contributed by atoms with E-state index in [0.29, 0.717) is 24.7 Å². The number of hydrogen-bond acceptors (Lipinski definition) is 3. The molecule has 1 aliphatic rings. The summed E-state index contributed by atoms with van der Waals surface area (Å²) in [5, 5.41) is 0. The molecule has 1 amide bonds. The molecule has 0 aromatic carbocycles. The maximum atomic E-state index is 12.7. The van der Waals surface area contributed by atoms with Crippen LogP contribution < -0.4 is 0 Å². The number of halogens is 1. The average molecular weight is 333 g/mol. The second-order valence-corrected chi connectivity index (χ2v) is 8.21. The maximum Gasteiger partial charge on any atom is 0.270 e. The Bertz CT molecular complexity index is 639. The van der Waals surface area contributed by atoms with E-state index in [4.69, 9.17) is 10.7 Å². The zero-order chi connectivity index (χ0) is 15.8. The third-order valence-electron chi connectivity index (χ3n) is 4.35. The monoisotopic (exact) mass is 332 g/mol. The van der Waals surface area contributed by atoms with Crippen LogP contribution in [0.25, 0.3) is 0 Å². The molecule has 2 atom stereocenters. The Morgan fingerprint density at radius 1 is 1.43 bits per heavy atom. The molecule has 118 valence electrons. The van der Waals surface area contributed by atoms with Crippen LogP contribution in [0.4, 0.5) is 0 Å². The van der Waals surface area contributed by atoms with Gasteiger partial charge in [0.1, 0.15) is 10.6 Å². The predicted octanol–water partition coefficient (Wildman–Crippen LogP) is 2.70. The van der Waals surface area contributed by atoms with E-state index in [9.17, 15) is 13.2 Å². The third kappa shape index (κ3) is 3.26. The summed E-state index contributed by atoms with van der Waals surface area (Å²) in [4.78, 5) is 14.6. The highest BCUT2D eigenvalue weighted by atomic mass is 35.7. The molecule has 1 aliphatic heterocycles. The lowest BCUT2D eigenvalue weighted by atomic mass is 9.92. The molecule has 0 bridgehead atoms. The summed E-state index contributed by atoms with van der Waals surface area (Å²) in [6.45, 7) is 7.27. The van der Waals surface area contributed by atoms with E-state index in [-0.39, 0.29) is 16.8 Å². The van der Waals surface area contributed by atoms with Crippen LogP contribution in [-0.2, 0) is 15.6 Å². The number of aromatic nitrogens is 1. The van der Waals surface area contributed by atoms with Crippen LogP contribution in [-0.4, -0.2) is 36.4 Å². The number of likely N-dealkylation sites (tertiary alicyclic amines) is 1. The molecule has 21 heavy (non-hydrogen) atoms. The lowest BCUT2D eigenvalue weighted by molar-refractivity contribution is 0.0540. The number of carbonyl (C=O) groups excluding carboxylic acids is 1. The number of aryl methyl sites for hydroxylation is 1. The fourth-order valence-electron chi connectivity index (χ4n) is 2.83. The molecule has 0 N–H and O–H groups in total. The topological polar surface area (TPSA) is 59.4 Å². The molecule has 0 spiro atoms. The first-order valence-corrected chi connectivity index (χ1v) is 9.52. The average Bonchev–Trinajstić information content (AvgIpc) is 2.85. The third-order valence-corrected chi connectivity index (χ3v) is 5.67. The van der Waals surface area contributed by atoms with Crippen molar-refractivity contribution in [2.75, 3.05) is 6.54 Å². The van der Waals surface area contributed by atoms with Crippen molar-refractivity contribution in [1.29, 1.82) is 0 Å². The molecule has 1 aromatic heterocycles. The normalized spacial score (nSPS) is 23.3. The van der Waals surface area contributed by atoms with Crippen molar-refractivity contribution in [2.45, 2.75) is 51.1 Å². The number of amides is 1. The van der Waals surface area contributed by atoms with Gasteiger partial charge in [0, 0.05) is 36.0 Å². The molecular formula is C14H21ClN2O3S. The second kappa shape index (κ2) is 6.01. The van der Waals surface area contributed by atoms with Gasteiger partial charge in [-0.2, -0.15) is 0 Å². The molecule has 0 radical (unpaired) electrons. The van der Waals surface area contributed by atoms with E-state index in [2.05, 4.69) is 6.92 Å². The lowest BCUT2D eigenvalue weighted by Crippen LogP contribution is -2.46. The molecule has 1 saturated heterocycles. The predicted molar refractivity (Wildman–Crippen MR) is 82.0 cm³/mol. The van der Waals surface area contributed by atoms with E-state index < -0.39 is 9.05 Å². The SMILES string of the molecule is CCn1cc(S(=O)(=O)Cl)cc1C(=O)N1CCCC(C)C1C. The van der Waals surface area contributed by atoms with Crippen LogP contribution in [0.2, 0.25) is 0 Å². The molecule has 5 nitrogen and oxygen atoms in total. The van der Waals surface area contributed by atoms with Crippen LogP contribution in [0.3, 0.4) is 0 Å². The molecule has 2 heterocycles. The van der Waals surface area contributed by atoms with Crippen molar-refractivity contribution < 1.29 is 13.2 Å². The number of rotatable bonds is 3. The number of piperidine rings is 1. The van der Waals surface area contributed by atoms with E-state index in [1.807, 2.05) is 18.7 Å². The summed E-state index contributed by atoms with van der Waals surface area (Å²) >= 11 is 0. The molecule has 1 fully saturated rings. The van der Waals surface area contributed by atoms with Crippen LogP contribution in [0, 0.1) is 5.92 Å². The quantitative estimate of drug-likeness (QED) is 0.800. The van der Waals surface area contributed by atoms with Crippen LogP contribution in [0.5, 0.6) is 0 Å². The van der Waals surface area contributed by atoms with Crippen molar-refractivity contribution in [3.05, 3.63) is 18.0 Å². The Morgan fingerprint density at radius 2 is 2.10 bits per heavy atom. The largest absolute Gasteiger partial charge is 0.342 e. The number of carbonyl (C=O) groups is 1. The first kappa shape index (κ1) is 16.4. The van der Waals surface area contributed by atoms with E-state index >= 15 is 0 Å². The van der Waals surface area contributed by atoms with Gasteiger partial charge < -0.3 is 9.47 Å². The fraction of sp³-hybridized carbons (Fsp3) is 0.643. The summed E-state index contributed by atoms with van der Waals surface area (Å²) in [5.74, 6) is 0.325. The number of nitrogens with zero attached hydrogens (tertiary/aromatic N) is 2. The van der Waals surface area contributed by atoms with Crippen molar-refractivity contribution in [3.8, 4) is 0 Å². The van der Waals surface area contributed by atoms with Crippen molar-refractivity contribution in [1.82, 2.24) is 9.47 Å². The van der Waals surface area contributed by atoms with Gasteiger partial charge in [-0.15, -0.1) is 0 Å². The minimum atomic E-state index is -3.82. The minimum absolute atomic E-state index is 0.0212. The van der Waals surface area contributed by atoms with Crippen LogP contribution >= 0.6 is 10.7 Å². The van der Waals surface area contributed by atoms with Crippen molar-refractivity contribution in [2.24, 2.45) is 5.92 Å². The van der Waals surface area contributed by atoms with Gasteiger partial charge in [-0.1, -0.05) is 6.92 Å². The Balaban J connectivity index is 2.36. The summed E-state index contributed by atoms with van der Waals surface area (Å²) in [5.41, 5.74) is 0.387. The van der Waals surface area contributed by atoms with Gasteiger partial charge in [-0.05, 0) is 38.7 Å². The van der Waals surface area contributed by atoms with Gasteiger partial charge in [0.25, 0.3) is 15.0 Å². The smallest absolute Gasteiger partial charge is 0.270 e. The Labute approximate surface area is 130 Å². The zero-order valence-electron chi connectivity index (χ0n) is 12.5. The highest BCUT2D eigenvalue weighted by molar-refractivity contribution is 8.13. The minimum Gasteiger partial charge on any atom is -0.342 e. The molecule has 1 aromatic rings. The maximum absolute atomic E-state index is 12.7. The Morgan fingerprint density at radius 3 is 2.67 bits per heavy atom. The van der Waals surface area contributed by atoms with Crippen LogP contribution in [0.1, 0.15) is 44.1 Å².